The lowest BCUT2D eigenvalue weighted by Crippen LogP contribution is -2.34. The van der Waals surface area contributed by atoms with E-state index in [1.807, 2.05) is 13.8 Å². The maximum absolute atomic E-state index is 11.6. The quantitative estimate of drug-likeness (QED) is 0.336. The largest absolute Gasteiger partial charge is 0.463 e. The van der Waals surface area contributed by atoms with Gasteiger partial charge in [-0.1, -0.05) is 65.0 Å². The summed E-state index contributed by atoms with van der Waals surface area (Å²) in [5.41, 5.74) is 6.18. The molecule has 0 heterocycles. The molecule has 1 aromatic rings. The smallest absolute Gasteiger partial charge is 0.330 e. The number of hydrogen-bond donors (Lipinski definition) is 0. The standard InChI is InChI=1S/C26H36O2/c1-8-28-23(27)15-18(2)9-10-20-17-26(20,7)19-11-12-21-22(16-19)25(5,6)14-13-24(21,3)4/h9-12,15-16,20H,8,13-14,17H2,1-7H3/t20-,26-/m1/s1. The summed E-state index contributed by atoms with van der Waals surface area (Å²) in [5.74, 6) is 0.263. The number of carbonyl (C=O) groups excluding carboxylic acids is 1. The molecule has 2 aliphatic carbocycles. The molecule has 0 saturated heterocycles. The molecule has 152 valence electrons. The van der Waals surface area contributed by atoms with E-state index in [2.05, 4.69) is 65.0 Å². The molecule has 1 fully saturated rings. The first-order chi connectivity index (χ1) is 13.0. The molecule has 0 radical (unpaired) electrons. The van der Waals surface area contributed by atoms with Crippen LogP contribution >= 0.6 is 0 Å². The van der Waals surface area contributed by atoms with Gasteiger partial charge in [-0.25, -0.2) is 4.79 Å². The Bertz CT molecular complexity index is 825. The third-order valence-corrected chi connectivity index (χ3v) is 7.04. The van der Waals surface area contributed by atoms with Gasteiger partial charge in [0.25, 0.3) is 0 Å². The second kappa shape index (κ2) is 7.21. The molecular formula is C26H36O2. The number of benzene rings is 1. The Morgan fingerprint density at radius 2 is 1.75 bits per heavy atom. The highest BCUT2D eigenvalue weighted by molar-refractivity contribution is 5.83. The highest BCUT2D eigenvalue weighted by Crippen LogP contribution is 2.56. The maximum atomic E-state index is 11.6. The number of carbonyl (C=O) groups is 1. The fourth-order valence-corrected chi connectivity index (χ4v) is 4.64. The van der Waals surface area contributed by atoms with Crippen molar-refractivity contribution in [3.05, 3.63) is 58.7 Å². The van der Waals surface area contributed by atoms with Crippen molar-refractivity contribution in [3.8, 4) is 0 Å². The van der Waals surface area contributed by atoms with Crippen LogP contribution in [0.3, 0.4) is 0 Å². The van der Waals surface area contributed by atoms with Crippen molar-refractivity contribution in [2.45, 2.75) is 84.0 Å². The molecular weight excluding hydrogens is 344 g/mol. The second-order valence-electron chi connectivity index (χ2n) is 10.3. The van der Waals surface area contributed by atoms with Crippen LogP contribution in [0.4, 0.5) is 0 Å². The number of fused-ring (bicyclic) bond motifs is 1. The summed E-state index contributed by atoms with van der Waals surface area (Å²) < 4.78 is 4.99. The normalized spacial score (nSPS) is 28.1. The van der Waals surface area contributed by atoms with Gasteiger partial charge in [-0.05, 0) is 77.5 Å². The number of ether oxygens (including phenoxy) is 1. The zero-order valence-corrected chi connectivity index (χ0v) is 18.7. The van der Waals surface area contributed by atoms with Crippen LogP contribution in [0.1, 0.15) is 84.4 Å². The van der Waals surface area contributed by atoms with Gasteiger partial charge in [-0.2, -0.15) is 0 Å². The molecule has 0 N–H and O–H groups in total. The molecule has 0 spiro atoms. The molecule has 1 aromatic carbocycles. The monoisotopic (exact) mass is 380 g/mol. The van der Waals surface area contributed by atoms with Gasteiger partial charge in [0.15, 0.2) is 0 Å². The molecule has 0 bridgehead atoms. The van der Waals surface area contributed by atoms with Gasteiger partial charge < -0.3 is 4.74 Å². The van der Waals surface area contributed by atoms with E-state index < -0.39 is 0 Å². The van der Waals surface area contributed by atoms with Crippen LogP contribution in [-0.2, 0) is 25.8 Å². The summed E-state index contributed by atoms with van der Waals surface area (Å²) in [7, 11) is 0. The van der Waals surface area contributed by atoms with Crippen LogP contribution in [0.2, 0.25) is 0 Å². The first-order valence-corrected chi connectivity index (χ1v) is 10.7. The molecule has 28 heavy (non-hydrogen) atoms. The van der Waals surface area contributed by atoms with Crippen molar-refractivity contribution >= 4 is 5.97 Å². The van der Waals surface area contributed by atoms with Crippen molar-refractivity contribution in [1.82, 2.24) is 0 Å². The Morgan fingerprint density at radius 1 is 1.11 bits per heavy atom. The minimum Gasteiger partial charge on any atom is -0.463 e. The third-order valence-electron chi connectivity index (χ3n) is 7.04. The van der Waals surface area contributed by atoms with Gasteiger partial charge in [-0.3, -0.25) is 0 Å². The minimum absolute atomic E-state index is 0.202. The third kappa shape index (κ3) is 3.97. The van der Waals surface area contributed by atoms with E-state index in [0.717, 1.165) is 5.57 Å². The van der Waals surface area contributed by atoms with Gasteiger partial charge in [0.2, 0.25) is 0 Å². The lowest BCUT2D eigenvalue weighted by Gasteiger charge is -2.42. The van der Waals surface area contributed by atoms with Crippen molar-refractivity contribution in [1.29, 1.82) is 0 Å². The second-order valence-corrected chi connectivity index (χ2v) is 10.3. The first-order valence-electron chi connectivity index (χ1n) is 10.7. The summed E-state index contributed by atoms with van der Waals surface area (Å²) in [5, 5.41) is 0. The van der Waals surface area contributed by atoms with Gasteiger partial charge in [0.05, 0.1) is 6.61 Å². The number of esters is 1. The zero-order chi connectivity index (χ0) is 20.7. The van der Waals surface area contributed by atoms with E-state index in [9.17, 15) is 4.79 Å². The van der Waals surface area contributed by atoms with Crippen LogP contribution in [0.25, 0.3) is 0 Å². The number of hydrogen-bond acceptors (Lipinski definition) is 2. The van der Waals surface area contributed by atoms with Crippen LogP contribution in [0, 0.1) is 5.92 Å². The topological polar surface area (TPSA) is 26.3 Å². The highest BCUT2D eigenvalue weighted by atomic mass is 16.5. The van der Waals surface area contributed by atoms with E-state index in [-0.39, 0.29) is 22.2 Å². The van der Waals surface area contributed by atoms with Gasteiger partial charge in [-0.15, -0.1) is 0 Å². The van der Waals surface area contributed by atoms with E-state index in [1.54, 1.807) is 6.08 Å². The van der Waals surface area contributed by atoms with Gasteiger partial charge in [0, 0.05) is 6.08 Å². The van der Waals surface area contributed by atoms with E-state index in [4.69, 9.17) is 4.74 Å². The van der Waals surface area contributed by atoms with E-state index >= 15 is 0 Å². The molecule has 1 saturated carbocycles. The van der Waals surface area contributed by atoms with Crippen molar-refractivity contribution in [2.75, 3.05) is 6.61 Å². The Hall–Kier alpha value is -1.83. The summed E-state index contributed by atoms with van der Waals surface area (Å²) in [6, 6.07) is 7.24. The SMILES string of the molecule is CCOC(=O)C=C(C)C=C[C@@H]1C[C@]1(C)c1ccc2c(c1)C(C)(C)CCC2(C)C. The minimum atomic E-state index is -0.261. The average molecular weight is 381 g/mol. The van der Waals surface area contributed by atoms with Crippen LogP contribution in [0.5, 0.6) is 0 Å². The lowest BCUT2D eigenvalue weighted by atomic mass is 9.62. The van der Waals surface area contributed by atoms with Crippen LogP contribution in [-0.4, -0.2) is 12.6 Å². The Labute approximate surface area is 171 Å². The molecule has 0 amide bonds. The fourth-order valence-electron chi connectivity index (χ4n) is 4.64. The Balaban J connectivity index is 1.80. The average Bonchev–Trinajstić information content (AvgIpc) is 3.29. The molecule has 0 aliphatic heterocycles. The predicted octanol–water partition coefficient (Wildman–Crippen LogP) is 6.38. The zero-order valence-electron chi connectivity index (χ0n) is 18.7. The molecule has 2 nitrogen and oxygen atoms in total. The number of rotatable bonds is 5. The van der Waals surface area contributed by atoms with E-state index in [1.165, 1.54) is 36.0 Å². The van der Waals surface area contributed by atoms with Crippen LogP contribution < -0.4 is 0 Å². The fraction of sp³-hybridized carbons (Fsp3) is 0.577. The first kappa shape index (κ1) is 20.9. The van der Waals surface area contributed by atoms with Gasteiger partial charge >= 0.3 is 5.97 Å². The molecule has 2 aliphatic rings. The molecule has 2 heteroatoms. The summed E-state index contributed by atoms with van der Waals surface area (Å²) >= 11 is 0. The maximum Gasteiger partial charge on any atom is 0.330 e. The molecule has 2 atom stereocenters. The van der Waals surface area contributed by atoms with E-state index in [0.29, 0.717) is 12.5 Å². The van der Waals surface area contributed by atoms with Crippen molar-refractivity contribution in [2.24, 2.45) is 5.92 Å². The Kier molecular flexibility index (Phi) is 5.38. The summed E-state index contributed by atoms with van der Waals surface area (Å²) in [4.78, 5) is 11.6. The van der Waals surface area contributed by atoms with Crippen molar-refractivity contribution < 1.29 is 9.53 Å². The number of allylic oxidation sites excluding steroid dienone is 3. The Morgan fingerprint density at radius 3 is 2.39 bits per heavy atom. The van der Waals surface area contributed by atoms with Gasteiger partial charge in [0.1, 0.15) is 0 Å². The van der Waals surface area contributed by atoms with Crippen LogP contribution in [0.15, 0.2) is 42.0 Å². The molecule has 0 unspecified atom stereocenters. The summed E-state index contributed by atoms with van der Waals surface area (Å²) in [6.45, 7) is 16.1. The van der Waals surface area contributed by atoms with Crippen molar-refractivity contribution in [3.63, 3.8) is 0 Å². The predicted molar refractivity (Wildman–Crippen MR) is 117 cm³/mol. The molecule has 0 aromatic heterocycles. The highest BCUT2D eigenvalue weighted by Gasteiger charge is 2.50. The molecule has 3 rings (SSSR count). The lowest BCUT2D eigenvalue weighted by molar-refractivity contribution is -0.137. The summed E-state index contributed by atoms with van der Waals surface area (Å²) in [6.07, 6.45) is 9.56.